The van der Waals surface area contributed by atoms with Crippen LogP contribution in [0.15, 0.2) is 24.3 Å². The van der Waals surface area contributed by atoms with E-state index in [4.69, 9.17) is 0 Å². The van der Waals surface area contributed by atoms with Gasteiger partial charge in [0.15, 0.2) is 0 Å². The van der Waals surface area contributed by atoms with E-state index in [1.54, 1.807) is 17.9 Å². The highest BCUT2D eigenvalue weighted by molar-refractivity contribution is 6.10. The second-order valence-corrected chi connectivity index (χ2v) is 5.34. The molecule has 1 aliphatic rings. The van der Waals surface area contributed by atoms with Crippen LogP contribution in [-0.4, -0.2) is 24.4 Å². The fourth-order valence-electron chi connectivity index (χ4n) is 2.58. The van der Waals surface area contributed by atoms with Crippen LogP contribution >= 0.6 is 0 Å². The first kappa shape index (κ1) is 14.6. The van der Waals surface area contributed by atoms with Crippen molar-refractivity contribution in [1.29, 1.82) is 0 Å². The van der Waals surface area contributed by atoms with E-state index >= 15 is 0 Å². The molecule has 1 aliphatic heterocycles. The van der Waals surface area contributed by atoms with E-state index in [2.05, 4.69) is 19.2 Å². The highest BCUT2D eigenvalue weighted by Gasteiger charge is 2.31. The summed E-state index contributed by atoms with van der Waals surface area (Å²) in [5.74, 6) is 0.246. The zero-order valence-electron chi connectivity index (χ0n) is 12.3. The number of anilines is 1. The van der Waals surface area contributed by atoms with E-state index in [-0.39, 0.29) is 11.8 Å². The summed E-state index contributed by atoms with van der Waals surface area (Å²) < 4.78 is 0. The predicted octanol–water partition coefficient (Wildman–Crippen LogP) is 2.59. The van der Waals surface area contributed by atoms with E-state index in [0.717, 1.165) is 18.5 Å². The van der Waals surface area contributed by atoms with Gasteiger partial charge < -0.3 is 10.2 Å². The molecule has 2 amide bonds. The SMILES string of the molecule is CCC(CC)CN1C(=O)C(C)NC(=O)c2ccccc21. The van der Waals surface area contributed by atoms with Gasteiger partial charge in [-0.25, -0.2) is 0 Å². The van der Waals surface area contributed by atoms with Gasteiger partial charge in [0.2, 0.25) is 5.91 Å². The molecule has 0 bridgehead atoms. The normalized spacial score (nSPS) is 18.8. The number of nitrogens with zero attached hydrogens (tertiary/aromatic N) is 1. The van der Waals surface area contributed by atoms with Crippen LogP contribution in [0.1, 0.15) is 44.0 Å². The van der Waals surface area contributed by atoms with Gasteiger partial charge in [-0.1, -0.05) is 38.8 Å². The number of nitrogens with one attached hydrogen (secondary N) is 1. The van der Waals surface area contributed by atoms with Crippen molar-refractivity contribution >= 4 is 17.5 Å². The summed E-state index contributed by atoms with van der Waals surface area (Å²) in [6.07, 6.45) is 2.05. The molecule has 20 heavy (non-hydrogen) atoms. The van der Waals surface area contributed by atoms with Crippen LogP contribution < -0.4 is 10.2 Å². The molecule has 0 spiro atoms. The number of carbonyl (C=O) groups is 2. The third-order valence-electron chi connectivity index (χ3n) is 4.02. The Hall–Kier alpha value is -1.84. The smallest absolute Gasteiger partial charge is 0.254 e. The molecule has 1 heterocycles. The summed E-state index contributed by atoms with van der Waals surface area (Å²) in [4.78, 5) is 26.4. The van der Waals surface area contributed by atoms with E-state index in [0.29, 0.717) is 18.0 Å². The standard InChI is InChI=1S/C16H22N2O2/c1-4-12(5-2)10-18-14-9-7-6-8-13(14)15(19)17-11(3)16(18)20/h6-9,11-12H,4-5,10H2,1-3H3,(H,17,19). The van der Waals surface area contributed by atoms with Gasteiger partial charge in [0.25, 0.3) is 5.91 Å². The number of fused-ring (bicyclic) bond motifs is 1. The molecule has 0 fully saturated rings. The fourth-order valence-corrected chi connectivity index (χ4v) is 2.58. The van der Waals surface area contributed by atoms with Crippen molar-refractivity contribution < 1.29 is 9.59 Å². The molecular formula is C16H22N2O2. The maximum atomic E-state index is 12.5. The summed E-state index contributed by atoms with van der Waals surface area (Å²) >= 11 is 0. The molecule has 0 aromatic heterocycles. The number of rotatable bonds is 4. The van der Waals surface area contributed by atoms with Gasteiger partial charge in [-0.3, -0.25) is 9.59 Å². The van der Waals surface area contributed by atoms with Gasteiger partial charge in [-0.15, -0.1) is 0 Å². The first-order valence-electron chi connectivity index (χ1n) is 7.29. The van der Waals surface area contributed by atoms with Crippen LogP contribution in [0.5, 0.6) is 0 Å². The van der Waals surface area contributed by atoms with Crippen LogP contribution in [0.3, 0.4) is 0 Å². The second kappa shape index (κ2) is 6.07. The molecule has 0 aliphatic carbocycles. The molecule has 4 nitrogen and oxygen atoms in total. The lowest BCUT2D eigenvalue weighted by molar-refractivity contribution is -0.120. The van der Waals surface area contributed by atoms with Crippen molar-refractivity contribution in [3.05, 3.63) is 29.8 Å². The maximum absolute atomic E-state index is 12.5. The topological polar surface area (TPSA) is 49.4 Å². The van der Waals surface area contributed by atoms with Crippen LogP contribution in [0.25, 0.3) is 0 Å². The molecule has 1 unspecified atom stereocenters. The van der Waals surface area contributed by atoms with Gasteiger partial charge in [-0.2, -0.15) is 0 Å². The minimum Gasteiger partial charge on any atom is -0.340 e. The zero-order valence-corrected chi connectivity index (χ0v) is 12.3. The molecule has 4 heteroatoms. The van der Waals surface area contributed by atoms with Crippen LogP contribution in [0.4, 0.5) is 5.69 Å². The third-order valence-corrected chi connectivity index (χ3v) is 4.02. The van der Waals surface area contributed by atoms with Gasteiger partial charge in [-0.05, 0) is 25.0 Å². The van der Waals surface area contributed by atoms with Gasteiger partial charge in [0.1, 0.15) is 6.04 Å². The average molecular weight is 274 g/mol. The molecule has 1 N–H and O–H groups in total. The molecule has 1 aromatic carbocycles. The number of amides is 2. The fraction of sp³-hybridized carbons (Fsp3) is 0.500. The Balaban J connectivity index is 2.42. The predicted molar refractivity (Wildman–Crippen MR) is 79.8 cm³/mol. The van der Waals surface area contributed by atoms with Crippen molar-refractivity contribution in [3.63, 3.8) is 0 Å². The lowest BCUT2D eigenvalue weighted by Gasteiger charge is -2.27. The van der Waals surface area contributed by atoms with Gasteiger partial charge in [0.05, 0.1) is 11.3 Å². The highest BCUT2D eigenvalue weighted by atomic mass is 16.2. The molecule has 1 atom stereocenters. The Morgan fingerprint density at radius 1 is 1.20 bits per heavy atom. The first-order chi connectivity index (χ1) is 9.58. The molecule has 1 aromatic rings. The summed E-state index contributed by atoms with van der Waals surface area (Å²) in [5.41, 5.74) is 1.31. The Morgan fingerprint density at radius 3 is 2.50 bits per heavy atom. The van der Waals surface area contributed by atoms with Crippen molar-refractivity contribution in [2.75, 3.05) is 11.4 Å². The minimum absolute atomic E-state index is 0.0322. The van der Waals surface area contributed by atoms with Crippen molar-refractivity contribution in [2.45, 2.75) is 39.7 Å². The zero-order chi connectivity index (χ0) is 14.7. The summed E-state index contributed by atoms with van der Waals surface area (Å²) in [7, 11) is 0. The van der Waals surface area contributed by atoms with Gasteiger partial charge in [0, 0.05) is 6.54 Å². The number of hydrogen-bond acceptors (Lipinski definition) is 2. The molecule has 0 radical (unpaired) electrons. The van der Waals surface area contributed by atoms with Crippen molar-refractivity contribution in [2.24, 2.45) is 5.92 Å². The van der Waals surface area contributed by atoms with E-state index in [1.165, 1.54) is 0 Å². The van der Waals surface area contributed by atoms with Gasteiger partial charge >= 0.3 is 0 Å². The number of carbonyl (C=O) groups excluding carboxylic acids is 2. The number of para-hydroxylation sites is 1. The van der Waals surface area contributed by atoms with E-state index < -0.39 is 6.04 Å². The molecule has 0 saturated carbocycles. The summed E-state index contributed by atoms with van der Waals surface area (Å²) in [6.45, 7) is 6.68. The Labute approximate surface area is 120 Å². The molecular weight excluding hydrogens is 252 g/mol. The number of benzene rings is 1. The highest BCUT2D eigenvalue weighted by Crippen LogP contribution is 2.26. The Bertz CT molecular complexity index is 509. The summed E-state index contributed by atoms with van der Waals surface area (Å²) in [6, 6.07) is 6.84. The van der Waals surface area contributed by atoms with Crippen LogP contribution in [0.2, 0.25) is 0 Å². The molecule has 2 rings (SSSR count). The Kier molecular flexibility index (Phi) is 4.42. The largest absolute Gasteiger partial charge is 0.340 e. The summed E-state index contributed by atoms with van der Waals surface area (Å²) in [5, 5.41) is 2.76. The second-order valence-electron chi connectivity index (χ2n) is 5.34. The van der Waals surface area contributed by atoms with Crippen LogP contribution in [0, 0.1) is 5.92 Å². The average Bonchev–Trinajstić information content (AvgIpc) is 2.55. The monoisotopic (exact) mass is 274 g/mol. The number of hydrogen-bond donors (Lipinski definition) is 1. The first-order valence-corrected chi connectivity index (χ1v) is 7.29. The maximum Gasteiger partial charge on any atom is 0.254 e. The van der Waals surface area contributed by atoms with Crippen molar-refractivity contribution in [1.82, 2.24) is 5.32 Å². The third kappa shape index (κ3) is 2.69. The quantitative estimate of drug-likeness (QED) is 0.917. The molecule has 108 valence electrons. The lowest BCUT2D eigenvalue weighted by Crippen LogP contribution is -2.45. The minimum atomic E-state index is -0.482. The van der Waals surface area contributed by atoms with Crippen molar-refractivity contribution in [3.8, 4) is 0 Å². The van der Waals surface area contributed by atoms with E-state index in [1.807, 2.05) is 18.2 Å². The molecule has 0 saturated heterocycles. The Morgan fingerprint density at radius 2 is 1.85 bits per heavy atom. The lowest BCUT2D eigenvalue weighted by atomic mass is 10.0. The van der Waals surface area contributed by atoms with E-state index in [9.17, 15) is 9.59 Å². The van der Waals surface area contributed by atoms with Crippen LogP contribution in [-0.2, 0) is 4.79 Å².